The Morgan fingerprint density at radius 2 is 2.21 bits per heavy atom. The lowest BCUT2D eigenvalue weighted by Gasteiger charge is -2.28. The van der Waals surface area contributed by atoms with Gasteiger partial charge in [-0.05, 0) is 50.5 Å². The van der Waals surface area contributed by atoms with Gasteiger partial charge < -0.3 is 9.47 Å². The second-order valence-corrected chi connectivity index (χ2v) is 10.3. The number of thiophene rings is 1. The maximum absolute atomic E-state index is 13.6. The highest BCUT2D eigenvalue weighted by Crippen LogP contribution is 2.50. The van der Waals surface area contributed by atoms with Crippen LogP contribution >= 0.6 is 11.3 Å². The van der Waals surface area contributed by atoms with Crippen molar-refractivity contribution in [3.05, 3.63) is 40.6 Å². The monoisotopic (exact) mass is 398 g/mol. The Bertz CT molecular complexity index is 841. The number of aromatic nitrogens is 2. The van der Waals surface area contributed by atoms with Crippen LogP contribution < -0.4 is 0 Å². The third-order valence-corrected chi connectivity index (χ3v) is 7.73. The Kier molecular flexibility index (Phi) is 4.59. The molecule has 3 aliphatic rings. The zero-order chi connectivity index (χ0) is 19.3. The summed E-state index contributed by atoms with van der Waals surface area (Å²) in [6, 6.07) is 4.71. The van der Waals surface area contributed by atoms with Gasteiger partial charge in [0.25, 0.3) is 0 Å². The van der Waals surface area contributed by atoms with Crippen LogP contribution in [0.15, 0.2) is 30.0 Å². The molecule has 1 amide bonds. The minimum Gasteiger partial charge on any atom is -0.342 e. The lowest BCUT2D eigenvalue weighted by Crippen LogP contribution is -2.40. The summed E-state index contributed by atoms with van der Waals surface area (Å²) in [5.74, 6) is 1.34. The summed E-state index contributed by atoms with van der Waals surface area (Å²) in [5.41, 5.74) is 0.812. The summed E-state index contributed by atoms with van der Waals surface area (Å²) < 4.78 is 2.17. The first-order valence-electron chi connectivity index (χ1n) is 10.6. The highest BCUT2D eigenvalue weighted by atomic mass is 32.1. The second kappa shape index (κ2) is 6.99. The zero-order valence-corrected chi connectivity index (χ0v) is 17.7. The first-order valence-corrected chi connectivity index (χ1v) is 11.5. The van der Waals surface area contributed by atoms with Crippen molar-refractivity contribution >= 4 is 17.2 Å². The molecule has 0 unspecified atom stereocenters. The predicted octanol–water partition coefficient (Wildman–Crippen LogP) is 3.75. The number of amides is 1. The average Bonchev–Trinajstić information content (AvgIpc) is 3.09. The lowest BCUT2D eigenvalue weighted by atomic mass is 9.75. The SMILES string of the molecule is CC(C)n1cnc([C@H]2CN(Cc3cccs3)C[C@]23CCN(CC2CC2)C3=O)c1. The molecule has 28 heavy (non-hydrogen) atoms. The lowest BCUT2D eigenvalue weighted by molar-refractivity contribution is -0.136. The summed E-state index contributed by atoms with van der Waals surface area (Å²) in [6.07, 6.45) is 7.69. The van der Waals surface area contributed by atoms with E-state index in [4.69, 9.17) is 4.98 Å². The van der Waals surface area contributed by atoms with E-state index in [0.29, 0.717) is 11.9 Å². The smallest absolute Gasteiger partial charge is 0.230 e. The van der Waals surface area contributed by atoms with Gasteiger partial charge in [-0.3, -0.25) is 9.69 Å². The minimum absolute atomic E-state index is 0.198. The Hall–Kier alpha value is -1.66. The van der Waals surface area contributed by atoms with E-state index in [9.17, 15) is 4.79 Å². The van der Waals surface area contributed by atoms with Gasteiger partial charge in [-0.2, -0.15) is 0 Å². The molecule has 1 saturated carbocycles. The molecular formula is C22H30N4OS. The molecule has 150 valence electrons. The number of rotatable bonds is 6. The van der Waals surface area contributed by atoms with Gasteiger partial charge in [0, 0.05) is 55.8 Å². The number of hydrogen-bond acceptors (Lipinski definition) is 4. The van der Waals surface area contributed by atoms with E-state index in [1.165, 1.54) is 17.7 Å². The van der Waals surface area contributed by atoms with Crippen LogP contribution in [0, 0.1) is 11.3 Å². The van der Waals surface area contributed by atoms with Crippen molar-refractivity contribution in [1.82, 2.24) is 19.4 Å². The summed E-state index contributed by atoms with van der Waals surface area (Å²) in [5, 5.41) is 2.14. The quantitative estimate of drug-likeness (QED) is 0.744. The molecule has 6 heteroatoms. The molecule has 2 saturated heterocycles. The van der Waals surface area contributed by atoms with Crippen LogP contribution in [-0.2, 0) is 11.3 Å². The molecule has 2 atom stereocenters. The Balaban J connectivity index is 1.43. The van der Waals surface area contributed by atoms with E-state index in [0.717, 1.165) is 50.8 Å². The molecule has 0 bridgehead atoms. The first kappa shape index (κ1) is 18.4. The third kappa shape index (κ3) is 3.20. The van der Waals surface area contributed by atoms with Gasteiger partial charge in [0.15, 0.2) is 0 Å². The van der Waals surface area contributed by atoms with Crippen molar-refractivity contribution in [2.45, 2.75) is 51.6 Å². The standard InChI is InChI=1S/C22H30N4OS/c1-16(2)26-13-20(23-15-26)19-12-24(11-18-4-3-9-28-18)14-22(19)7-8-25(21(22)27)10-17-5-6-17/h3-4,9,13,15-17,19H,5-8,10-12,14H2,1-2H3/t19-,22-/m1/s1. The molecule has 2 aromatic rings. The molecular weight excluding hydrogens is 368 g/mol. The van der Waals surface area contributed by atoms with E-state index in [1.54, 1.807) is 0 Å². The van der Waals surface area contributed by atoms with E-state index < -0.39 is 0 Å². The van der Waals surface area contributed by atoms with Gasteiger partial charge in [-0.15, -0.1) is 11.3 Å². The highest BCUT2D eigenvalue weighted by Gasteiger charge is 2.58. The first-order chi connectivity index (χ1) is 13.5. The van der Waals surface area contributed by atoms with Crippen LogP contribution in [0.5, 0.6) is 0 Å². The van der Waals surface area contributed by atoms with Gasteiger partial charge >= 0.3 is 0 Å². The van der Waals surface area contributed by atoms with Crippen LogP contribution in [0.2, 0.25) is 0 Å². The van der Waals surface area contributed by atoms with Crippen molar-refractivity contribution in [2.75, 3.05) is 26.2 Å². The Labute approximate surface area is 171 Å². The Morgan fingerprint density at radius 3 is 2.89 bits per heavy atom. The van der Waals surface area contributed by atoms with Gasteiger partial charge in [-0.25, -0.2) is 4.98 Å². The maximum Gasteiger partial charge on any atom is 0.230 e. The van der Waals surface area contributed by atoms with Crippen LogP contribution in [-0.4, -0.2) is 51.4 Å². The van der Waals surface area contributed by atoms with Crippen molar-refractivity contribution in [3.63, 3.8) is 0 Å². The number of likely N-dealkylation sites (tertiary alicyclic amines) is 2. The number of hydrogen-bond donors (Lipinski definition) is 0. The number of carbonyl (C=O) groups excluding carboxylic acids is 1. The molecule has 1 spiro atoms. The molecule has 0 radical (unpaired) electrons. The van der Waals surface area contributed by atoms with Crippen LogP contribution in [0.4, 0.5) is 0 Å². The van der Waals surface area contributed by atoms with Crippen LogP contribution in [0.25, 0.3) is 0 Å². The normalized spacial score (nSPS) is 28.3. The highest BCUT2D eigenvalue weighted by molar-refractivity contribution is 7.09. The van der Waals surface area contributed by atoms with E-state index >= 15 is 0 Å². The molecule has 0 aromatic carbocycles. The molecule has 2 aromatic heterocycles. The third-order valence-electron chi connectivity index (χ3n) is 6.86. The predicted molar refractivity (Wildman–Crippen MR) is 111 cm³/mol. The minimum atomic E-state index is -0.289. The van der Waals surface area contributed by atoms with Gasteiger partial charge in [0.1, 0.15) is 0 Å². The topological polar surface area (TPSA) is 41.4 Å². The van der Waals surface area contributed by atoms with Crippen LogP contribution in [0.1, 0.15) is 55.6 Å². The number of carbonyl (C=O) groups is 1. The molecule has 0 N–H and O–H groups in total. The van der Waals surface area contributed by atoms with E-state index in [-0.39, 0.29) is 11.3 Å². The van der Waals surface area contributed by atoms with E-state index in [1.807, 2.05) is 17.7 Å². The molecule has 4 heterocycles. The largest absolute Gasteiger partial charge is 0.342 e. The Morgan fingerprint density at radius 1 is 1.36 bits per heavy atom. The fourth-order valence-corrected chi connectivity index (χ4v) is 5.80. The fraction of sp³-hybridized carbons (Fsp3) is 0.636. The summed E-state index contributed by atoms with van der Waals surface area (Å²) in [6.45, 7) is 8.98. The second-order valence-electron chi connectivity index (χ2n) is 9.24. The average molecular weight is 399 g/mol. The number of imidazole rings is 1. The summed E-state index contributed by atoms with van der Waals surface area (Å²) >= 11 is 1.81. The molecule has 5 nitrogen and oxygen atoms in total. The molecule has 5 rings (SSSR count). The maximum atomic E-state index is 13.6. The van der Waals surface area contributed by atoms with Gasteiger partial charge in [0.05, 0.1) is 17.4 Å². The fourth-order valence-electron chi connectivity index (χ4n) is 5.06. The van der Waals surface area contributed by atoms with Gasteiger partial charge in [0.2, 0.25) is 5.91 Å². The molecule has 1 aliphatic carbocycles. The summed E-state index contributed by atoms with van der Waals surface area (Å²) in [7, 11) is 0. The van der Waals surface area contributed by atoms with E-state index in [2.05, 4.69) is 51.9 Å². The van der Waals surface area contributed by atoms with Crippen LogP contribution in [0.3, 0.4) is 0 Å². The van der Waals surface area contributed by atoms with Crippen molar-refractivity contribution in [3.8, 4) is 0 Å². The van der Waals surface area contributed by atoms with Gasteiger partial charge in [-0.1, -0.05) is 6.07 Å². The van der Waals surface area contributed by atoms with Crippen molar-refractivity contribution in [2.24, 2.45) is 11.3 Å². The zero-order valence-electron chi connectivity index (χ0n) is 16.9. The molecule has 3 fully saturated rings. The summed E-state index contributed by atoms with van der Waals surface area (Å²) in [4.78, 5) is 24.4. The number of nitrogens with zero attached hydrogens (tertiary/aromatic N) is 4. The molecule has 2 aliphatic heterocycles. The van der Waals surface area contributed by atoms with Crippen molar-refractivity contribution < 1.29 is 4.79 Å². The van der Waals surface area contributed by atoms with Crippen molar-refractivity contribution in [1.29, 1.82) is 0 Å².